The van der Waals surface area contributed by atoms with Crippen molar-refractivity contribution in [1.82, 2.24) is 9.99 Å². The van der Waals surface area contributed by atoms with Gasteiger partial charge in [0, 0.05) is 35.3 Å². The van der Waals surface area contributed by atoms with Crippen LogP contribution < -0.4 is 10.2 Å². The third kappa shape index (κ3) is 4.70. The molecule has 0 bridgehead atoms. The topological polar surface area (TPSA) is 79.4 Å². The van der Waals surface area contributed by atoms with Crippen LogP contribution in [-0.2, 0) is 11.3 Å². The average molecular weight is 364 g/mol. The van der Waals surface area contributed by atoms with Crippen molar-refractivity contribution in [2.24, 2.45) is 5.10 Å². The van der Waals surface area contributed by atoms with E-state index in [9.17, 15) is 9.18 Å². The standard InChI is InChI=1S/C20H17FN4O2/c21-16-5-3-6-17(11-16)27-14-20(26)24-23-12-15-13-25(10-4-9-22)19-8-2-1-7-18(15)19/h1-3,5-8,11-13H,4,10,14H2,(H,24,26)/b23-12-. The molecule has 0 aliphatic rings. The number of nitrogens with zero attached hydrogens (tertiary/aromatic N) is 3. The lowest BCUT2D eigenvalue weighted by Crippen LogP contribution is -2.24. The van der Waals surface area contributed by atoms with Crippen molar-refractivity contribution >= 4 is 23.0 Å². The number of carbonyl (C=O) groups is 1. The Balaban J connectivity index is 1.62. The van der Waals surface area contributed by atoms with Crippen LogP contribution in [0.1, 0.15) is 12.0 Å². The number of carbonyl (C=O) groups excluding carboxylic acids is 1. The van der Waals surface area contributed by atoms with E-state index in [0.29, 0.717) is 13.0 Å². The fourth-order valence-corrected chi connectivity index (χ4v) is 2.65. The maximum Gasteiger partial charge on any atom is 0.277 e. The number of nitriles is 1. The Kier molecular flexibility index (Phi) is 5.80. The van der Waals surface area contributed by atoms with Gasteiger partial charge >= 0.3 is 0 Å². The number of halogens is 1. The van der Waals surface area contributed by atoms with Crippen molar-refractivity contribution in [1.29, 1.82) is 5.26 Å². The van der Waals surface area contributed by atoms with E-state index in [1.54, 1.807) is 12.3 Å². The molecule has 0 unspecified atom stereocenters. The number of hydrogen-bond acceptors (Lipinski definition) is 4. The smallest absolute Gasteiger partial charge is 0.277 e. The first kappa shape index (κ1) is 18.1. The van der Waals surface area contributed by atoms with Gasteiger partial charge in [-0.1, -0.05) is 24.3 Å². The molecule has 0 aliphatic heterocycles. The number of aryl methyl sites for hydroxylation is 1. The monoisotopic (exact) mass is 364 g/mol. The van der Waals surface area contributed by atoms with Crippen molar-refractivity contribution in [3.63, 3.8) is 0 Å². The summed E-state index contributed by atoms with van der Waals surface area (Å²) in [4.78, 5) is 11.8. The van der Waals surface area contributed by atoms with Gasteiger partial charge < -0.3 is 9.30 Å². The highest BCUT2D eigenvalue weighted by atomic mass is 19.1. The molecule has 3 aromatic rings. The molecule has 0 saturated carbocycles. The Morgan fingerprint density at radius 1 is 1.30 bits per heavy atom. The molecule has 1 amide bonds. The molecule has 1 N–H and O–H groups in total. The Labute approximate surface area is 155 Å². The molecule has 1 heterocycles. The maximum atomic E-state index is 13.1. The van der Waals surface area contributed by atoms with Gasteiger partial charge in [0.05, 0.1) is 18.7 Å². The summed E-state index contributed by atoms with van der Waals surface area (Å²) in [6.07, 6.45) is 3.84. The highest BCUT2D eigenvalue weighted by Gasteiger charge is 2.07. The van der Waals surface area contributed by atoms with Crippen LogP contribution in [0.2, 0.25) is 0 Å². The zero-order chi connectivity index (χ0) is 19.1. The Morgan fingerprint density at radius 3 is 2.96 bits per heavy atom. The first-order chi connectivity index (χ1) is 13.2. The Hall–Kier alpha value is -3.66. The van der Waals surface area contributed by atoms with Crippen LogP contribution in [0, 0.1) is 17.1 Å². The molecule has 0 spiro atoms. The van der Waals surface area contributed by atoms with Crippen molar-refractivity contribution in [2.45, 2.75) is 13.0 Å². The van der Waals surface area contributed by atoms with E-state index >= 15 is 0 Å². The molecule has 6 nitrogen and oxygen atoms in total. The fourth-order valence-electron chi connectivity index (χ4n) is 2.65. The third-order valence-corrected chi connectivity index (χ3v) is 3.84. The number of aromatic nitrogens is 1. The second kappa shape index (κ2) is 8.63. The number of amides is 1. The normalized spacial score (nSPS) is 10.8. The van der Waals surface area contributed by atoms with Crippen LogP contribution >= 0.6 is 0 Å². The molecule has 7 heteroatoms. The SMILES string of the molecule is N#CCCn1cc(/C=N\NC(=O)COc2cccc(F)c2)c2ccccc21. The lowest BCUT2D eigenvalue weighted by molar-refractivity contribution is -0.123. The predicted octanol–water partition coefficient (Wildman–Crippen LogP) is 3.22. The molecule has 0 aliphatic carbocycles. The molecule has 0 radical (unpaired) electrons. The molecule has 0 atom stereocenters. The highest BCUT2D eigenvalue weighted by molar-refractivity contribution is 5.99. The minimum atomic E-state index is -0.455. The average Bonchev–Trinajstić information content (AvgIpc) is 3.03. The van der Waals surface area contributed by atoms with Gasteiger partial charge in [-0.05, 0) is 18.2 Å². The van der Waals surface area contributed by atoms with E-state index in [1.807, 2.05) is 35.0 Å². The lowest BCUT2D eigenvalue weighted by atomic mass is 10.2. The summed E-state index contributed by atoms with van der Waals surface area (Å²) in [5.74, 6) is -0.614. The molecule has 3 rings (SSSR count). The minimum absolute atomic E-state index is 0.273. The maximum absolute atomic E-state index is 13.1. The Bertz CT molecular complexity index is 1020. The van der Waals surface area contributed by atoms with E-state index in [-0.39, 0.29) is 12.4 Å². The van der Waals surface area contributed by atoms with Gasteiger partial charge in [0.2, 0.25) is 0 Å². The number of benzene rings is 2. The van der Waals surface area contributed by atoms with Crippen LogP contribution in [0.4, 0.5) is 4.39 Å². The summed E-state index contributed by atoms with van der Waals surface area (Å²) >= 11 is 0. The Morgan fingerprint density at radius 2 is 2.15 bits per heavy atom. The zero-order valence-electron chi connectivity index (χ0n) is 14.4. The molecule has 2 aromatic carbocycles. The van der Waals surface area contributed by atoms with Crippen molar-refractivity contribution in [2.75, 3.05) is 6.61 Å². The van der Waals surface area contributed by atoms with Crippen LogP contribution in [0.3, 0.4) is 0 Å². The highest BCUT2D eigenvalue weighted by Crippen LogP contribution is 2.20. The first-order valence-corrected chi connectivity index (χ1v) is 8.32. The molecule has 0 fully saturated rings. The van der Waals surface area contributed by atoms with E-state index in [4.69, 9.17) is 10.00 Å². The first-order valence-electron chi connectivity index (χ1n) is 8.32. The molecular formula is C20H17FN4O2. The number of hydrazone groups is 1. The number of hydrogen-bond donors (Lipinski definition) is 1. The van der Waals surface area contributed by atoms with E-state index < -0.39 is 11.7 Å². The van der Waals surface area contributed by atoms with E-state index in [0.717, 1.165) is 16.5 Å². The number of para-hydroxylation sites is 1. The summed E-state index contributed by atoms with van der Waals surface area (Å²) in [5, 5.41) is 13.7. The van der Waals surface area contributed by atoms with Crippen LogP contribution in [-0.4, -0.2) is 23.3 Å². The van der Waals surface area contributed by atoms with Crippen LogP contribution in [0.15, 0.2) is 59.8 Å². The third-order valence-electron chi connectivity index (χ3n) is 3.84. The van der Waals surface area contributed by atoms with Gasteiger partial charge in [0.25, 0.3) is 5.91 Å². The van der Waals surface area contributed by atoms with Gasteiger partial charge in [-0.2, -0.15) is 10.4 Å². The summed E-state index contributed by atoms with van der Waals surface area (Å²) in [7, 11) is 0. The summed E-state index contributed by atoms with van der Waals surface area (Å²) in [6, 6.07) is 15.5. The second-order valence-corrected chi connectivity index (χ2v) is 5.74. The van der Waals surface area contributed by atoms with Crippen molar-refractivity contribution in [3.05, 3.63) is 66.1 Å². The van der Waals surface area contributed by atoms with Gasteiger partial charge in [-0.15, -0.1) is 0 Å². The summed E-state index contributed by atoms with van der Waals surface area (Å²) < 4.78 is 20.3. The minimum Gasteiger partial charge on any atom is -0.484 e. The van der Waals surface area contributed by atoms with Gasteiger partial charge in [0.15, 0.2) is 6.61 Å². The van der Waals surface area contributed by atoms with Gasteiger partial charge in [0.1, 0.15) is 11.6 Å². The molecular weight excluding hydrogens is 347 g/mol. The van der Waals surface area contributed by atoms with Gasteiger partial charge in [-0.25, -0.2) is 9.82 Å². The number of rotatable bonds is 7. The number of ether oxygens (including phenoxy) is 1. The summed E-state index contributed by atoms with van der Waals surface area (Å²) in [5.41, 5.74) is 4.21. The summed E-state index contributed by atoms with van der Waals surface area (Å²) in [6.45, 7) is 0.309. The van der Waals surface area contributed by atoms with Crippen LogP contribution in [0.5, 0.6) is 5.75 Å². The molecule has 27 heavy (non-hydrogen) atoms. The van der Waals surface area contributed by atoms with Crippen molar-refractivity contribution < 1.29 is 13.9 Å². The van der Waals surface area contributed by atoms with E-state index in [1.165, 1.54) is 18.2 Å². The van der Waals surface area contributed by atoms with Crippen LogP contribution in [0.25, 0.3) is 10.9 Å². The largest absolute Gasteiger partial charge is 0.484 e. The van der Waals surface area contributed by atoms with Crippen molar-refractivity contribution in [3.8, 4) is 11.8 Å². The lowest BCUT2D eigenvalue weighted by Gasteiger charge is -2.04. The van der Waals surface area contributed by atoms with E-state index in [2.05, 4.69) is 16.6 Å². The second-order valence-electron chi connectivity index (χ2n) is 5.74. The number of fused-ring (bicyclic) bond motifs is 1. The predicted molar refractivity (Wildman–Crippen MR) is 99.8 cm³/mol. The zero-order valence-corrected chi connectivity index (χ0v) is 14.4. The van der Waals surface area contributed by atoms with Gasteiger partial charge in [-0.3, -0.25) is 4.79 Å². The molecule has 136 valence electrons. The quantitative estimate of drug-likeness (QED) is 0.516. The fraction of sp³-hybridized carbons (Fsp3) is 0.150. The number of nitrogens with one attached hydrogen (secondary N) is 1. The molecule has 0 saturated heterocycles. The molecule has 1 aromatic heterocycles.